The van der Waals surface area contributed by atoms with Crippen LogP contribution >= 0.6 is 0 Å². The number of halogens is 1. The summed E-state index contributed by atoms with van der Waals surface area (Å²) in [7, 11) is 1.89. The SMILES string of the molecule is Cc1cc(N)cc(-c2nc3c(F)cccc3n2C)c1C. The highest BCUT2D eigenvalue weighted by molar-refractivity contribution is 5.82. The summed E-state index contributed by atoms with van der Waals surface area (Å²) in [6, 6.07) is 8.81. The van der Waals surface area contributed by atoms with Gasteiger partial charge in [0.25, 0.3) is 0 Å². The van der Waals surface area contributed by atoms with Crippen molar-refractivity contribution in [3.05, 3.63) is 47.3 Å². The molecule has 0 amide bonds. The van der Waals surface area contributed by atoms with Crippen molar-refractivity contribution in [1.29, 1.82) is 0 Å². The number of nitrogen functional groups attached to an aromatic ring is 1. The quantitative estimate of drug-likeness (QED) is 0.686. The van der Waals surface area contributed by atoms with Gasteiger partial charge in [0.15, 0.2) is 5.82 Å². The van der Waals surface area contributed by atoms with Crippen LogP contribution in [0.1, 0.15) is 11.1 Å². The Labute approximate surface area is 116 Å². The van der Waals surface area contributed by atoms with Crippen LogP contribution in [0, 0.1) is 19.7 Å². The molecule has 0 unspecified atom stereocenters. The van der Waals surface area contributed by atoms with Gasteiger partial charge in [-0.15, -0.1) is 0 Å². The first-order valence-electron chi connectivity index (χ1n) is 6.47. The van der Waals surface area contributed by atoms with Gasteiger partial charge in [0.2, 0.25) is 0 Å². The molecule has 0 saturated carbocycles. The molecule has 0 aliphatic carbocycles. The highest BCUT2D eigenvalue weighted by atomic mass is 19.1. The maximum Gasteiger partial charge on any atom is 0.151 e. The van der Waals surface area contributed by atoms with Crippen LogP contribution in [0.5, 0.6) is 0 Å². The molecule has 0 atom stereocenters. The molecule has 0 radical (unpaired) electrons. The van der Waals surface area contributed by atoms with E-state index in [1.165, 1.54) is 6.07 Å². The molecule has 2 N–H and O–H groups in total. The maximum absolute atomic E-state index is 13.9. The Morgan fingerprint density at radius 2 is 1.95 bits per heavy atom. The minimum Gasteiger partial charge on any atom is -0.399 e. The highest BCUT2D eigenvalue weighted by Crippen LogP contribution is 2.30. The third-order valence-corrected chi connectivity index (χ3v) is 3.79. The van der Waals surface area contributed by atoms with E-state index in [0.29, 0.717) is 11.2 Å². The van der Waals surface area contributed by atoms with Gasteiger partial charge in [-0.2, -0.15) is 0 Å². The summed E-state index contributed by atoms with van der Waals surface area (Å²) in [5.74, 6) is 0.431. The second-order valence-electron chi connectivity index (χ2n) is 5.11. The molecular formula is C16H16FN3. The van der Waals surface area contributed by atoms with Gasteiger partial charge in [-0.25, -0.2) is 9.37 Å². The van der Waals surface area contributed by atoms with E-state index in [9.17, 15) is 4.39 Å². The summed E-state index contributed by atoms with van der Waals surface area (Å²) in [5.41, 5.74) is 10.9. The zero-order chi connectivity index (χ0) is 14.4. The minimum atomic E-state index is -0.303. The largest absolute Gasteiger partial charge is 0.399 e. The molecular weight excluding hydrogens is 253 g/mol. The predicted octanol–water partition coefficient (Wildman–Crippen LogP) is 3.58. The monoisotopic (exact) mass is 269 g/mol. The van der Waals surface area contributed by atoms with Crippen LogP contribution in [0.3, 0.4) is 0 Å². The molecule has 0 saturated heterocycles. The number of fused-ring (bicyclic) bond motifs is 1. The summed E-state index contributed by atoms with van der Waals surface area (Å²) < 4.78 is 15.8. The first-order chi connectivity index (χ1) is 9.49. The maximum atomic E-state index is 13.9. The Bertz CT molecular complexity index is 818. The second kappa shape index (κ2) is 4.34. The van der Waals surface area contributed by atoms with E-state index >= 15 is 0 Å². The summed E-state index contributed by atoms with van der Waals surface area (Å²) >= 11 is 0. The van der Waals surface area contributed by atoms with E-state index in [1.54, 1.807) is 6.07 Å². The van der Waals surface area contributed by atoms with E-state index in [2.05, 4.69) is 4.98 Å². The summed E-state index contributed by atoms with van der Waals surface area (Å²) in [6.45, 7) is 4.04. The molecule has 0 aliphatic heterocycles. The number of benzene rings is 2. The van der Waals surface area contributed by atoms with Gasteiger partial charge in [-0.05, 0) is 49.2 Å². The van der Waals surface area contributed by atoms with Gasteiger partial charge >= 0.3 is 0 Å². The molecule has 20 heavy (non-hydrogen) atoms. The average Bonchev–Trinajstić information content (AvgIpc) is 2.73. The smallest absolute Gasteiger partial charge is 0.151 e. The van der Waals surface area contributed by atoms with Gasteiger partial charge < -0.3 is 10.3 Å². The molecule has 0 spiro atoms. The summed E-state index contributed by atoms with van der Waals surface area (Å²) in [4.78, 5) is 4.46. The zero-order valence-corrected chi connectivity index (χ0v) is 11.7. The van der Waals surface area contributed by atoms with E-state index < -0.39 is 0 Å². The van der Waals surface area contributed by atoms with Crippen LogP contribution in [-0.4, -0.2) is 9.55 Å². The number of rotatable bonds is 1. The number of nitrogens with two attached hydrogens (primary N) is 1. The van der Waals surface area contributed by atoms with Gasteiger partial charge in [0.05, 0.1) is 5.52 Å². The van der Waals surface area contributed by atoms with E-state index in [-0.39, 0.29) is 5.82 Å². The minimum absolute atomic E-state index is 0.303. The molecule has 102 valence electrons. The van der Waals surface area contributed by atoms with Gasteiger partial charge in [-0.1, -0.05) is 6.07 Å². The first-order valence-corrected chi connectivity index (χ1v) is 6.47. The fraction of sp³-hybridized carbons (Fsp3) is 0.188. The molecule has 0 fully saturated rings. The Morgan fingerprint density at radius 3 is 2.65 bits per heavy atom. The van der Waals surface area contributed by atoms with E-state index in [1.807, 2.05) is 43.7 Å². The third-order valence-electron chi connectivity index (χ3n) is 3.79. The van der Waals surface area contributed by atoms with Gasteiger partial charge in [-0.3, -0.25) is 0 Å². The molecule has 1 aromatic heterocycles. The van der Waals surface area contributed by atoms with Gasteiger partial charge in [0.1, 0.15) is 11.3 Å². The first kappa shape index (κ1) is 12.7. The lowest BCUT2D eigenvalue weighted by molar-refractivity contribution is 0.637. The van der Waals surface area contributed by atoms with Crippen molar-refractivity contribution in [3.8, 4) is 11.4 Å². The lowest BCUT2D eigenvalue weighted by atomic mass is 10.0. The topological polar surface area (TPSA) is 43.8 Å². The van der Waals surface area contributed by atoms with Gasteiger partial charge in [0, 0.05) is 18.3 Å². The van der Waals surface area contributed by atoms with E-state index in [4.69, 9.17) is 5.73 Å². The van der Waals surface area contributed by atoms with Crippen LogP contribution in [0.4, 0.5) is 10.1 Å². The fourth-order valence-electron chi connectivity index (χ4n) is 2.54. The average molecular weight is 269 g/mol. The van der Waals surface area contributed by atoms with Crippen molar-refractivity contribution in [2.24, 2.45) is 7.05 Å². The summed E-state index contributed by atoms with van der Waals surface area (Å²) in [5, 5.41) is 0. The van der Waals surface area contributed by atoms with Crippen molar-refractivity contribution < 1.29 is 4.39 Å². The number of nitrogens with zero attached hydrogens (tertiary/aromatic N) is 2. The fourth-order valence-corrected chi connectivity index (χ4v) is 2.54. The highest BCUT2D eigenvalue weighted by Gasteiger charge is 2.15. The van der Waals surface area contributed by atoms with Crippen molar-refractivity contribution in [3.63, 3.8) is 0 Å². The van der Waals surface area contributed by atoms with Crippen LogP contribution < -0.4 is 5.73 Å². The van der Waals surface area contributed by atoms with Crippen molar-refractivity contribution in [2.45, 2.75) is 13.8 Å². The molecule has 3 aromatic rings. The Morgan fingerprint density at radius 1 is 1.20 bits per heavy atom. The standard InChI is InChI=1S/C16H16FN3/c1-9-7-11(18)8-12(10(9)2)16-19-15-13(17)5-4-6-14(15)20(16)3/h4-8H,18H2,1-3H3. The van der Waals surface area contributed by atoms with Crippen molar-refractivity contribution in [1.82, 2.24) is 9.55 Å². The number of hydrogen-bond donors (Lipinski definition) is 1. The predicted molar refractivity (Wildman–Crippen MR) is 80.0 cm³/mol. The Balaban J connectivity index is 2.36. The number of para-hydroxylation sites is 1. The lowest BCUT2D eigenvalue weighted by Gasteiger charge is -2.10. The van der Waals surface area contributed by atoms with Crippen LogP contribution in [0.25, 0.3) is 22.4 Å². The molecule has 2 aromatic carbocycles. The Hall–Kier alpha value is -2.36. The number of hydrogen-bond acceptors (Lipinski definition) is 2. The summed E-state index contributed by atoms with van der Waals surface area (Å²) in [6.07, 6.45) is 0. The number of aromatic nitrogens is 2. The third kappa shape index (κ3) is 1.76. The lowest BCUT2D eigenvalue weighted by Crippen LogP contribution is -1.98. The Kier molecular flexibility index (Phi) is 2.74. The number of anilines is 1. The zero-order valence-electron chi connectivity index (χ0n) is 11.7. The molecule has 0 bridgehead atoms. The second-order valence-corrected chi connectivity index (χ2v) is 5.11. The number of imidazole rings is 1. The molecule has 3 nitrogen and oxygen atoms in total. The molecule has 0 aliphatic rings. The molecule has 4 heteroatoms. The molecule has 3 rings (SSSR count). The van der Waals surface area contributed by atoms with Crippen molar-refractivity contribution in [2.75, 3.05) is 5.73 Å². The van der Waals surface area contributed by atoms with Crippen molar-refractivity contribution >= 4 is 16.7 Å². The molecule has 1 heterocycles. The number of aryl methyl sites for hydroxylation is 2. The van der Waals surface area contributed by atoms with E-state index in [0.717, 1.165) is 28.0 Å². The van der Waals surface area contributed by atoms with Crippen LogP contribution in [0.2, 0.25) is 0 Å². The van der Waals surface area contributed by atoms with Crippen LogP contribution in [0.15, 0.2) is 30.3 Å². The normalized spacial score (nSPS) is 11.2. The van der Waals surface area contributed by atoms with Crippen LogP contribution in [-0.2, 0) is 7.05 Å².